The molecular formula is C16H24N2O5. The molecule has 0 bridgehead atoms. The number of hydrogen-bond donors (Lipinski definition) is 2. The van der Waals surface area contributed by atoms with Crippen LogP contribution in [0.1, 0.15) is 46.0 Å². The molecule has 0 aromatic heterocycles. The molecule has 7 heteroatoms. The second kappa shape index (κ2) is 6.03. The Kier molecular flexibility index (Phi) is 4.23. The molecule has 3 rings (SSSR count). The lowest BCUT2D eigenvalue weighted by atomic mass is 9.86. The number of carbonyl (C=O) groups excluding carboxylic acids is 1. The van der Waals surface area contributed by atoms with E-state index in [1.807, 2.05) is 4.90 Å². The Hall–Kier alpha value is -1.76. The second-order valence-corrected chi connectivity index (χ2v) is 6.48. The summed E-state index contributed by atoms with van der Waals surface area (Å²) in [5.74, 6) is -1.80. The van der Waals surface area contributed by atoms with Gasteiger partial charge in [0.1, 0.15) is 12.1 Å². The number of β-lactam (4-membered cyclic amide) rings is 1. The summed E-state index contributed by atoms with van der Waals surface area (Å²) >= 11 is 0. The molecule has 1 amide bonds. The van der Waals surface area contributed by atoms with Crippen molar-refractivity contribution in [3.8, 4) is 0 Å². The van der Waals surface area contributed by atoms with Crippen molar-refractivity contribution in [2.24, 2.45) is 5.92 Å². The molecule has 2 N–H and O–H groups in total. The van der Waals surface area contributed by atoms with E-state index in [2.05, 4.69) is 0 Å². The van der Waals surface area contributed by atoms with Crippen LogP contribution in [-0.4, -0.2) is 56.8 Å². The fourth-order valence-corrected chi connectivity index (χ4v) is 4.05. The van der Waals surface area contributed by atoms with Gasteiger partial charge in [-0.05, 0) is 26.7 Å². The lowest BCUT2D eigenvalue weighted by molar-refractivity contribution is -0.173. The fourth-order valence-electron chi connectivity index (χ4n) is 4.05. The third-order valence-electron chi connectivity index (χ3n) is 5.04. The van der Waals surface area contributed by atoms with Crippen LogP contribution >= 0.6 is 0 Å². The van der Waals surface area contributed by atoms with Crippen LogP contribution in [0, 0.1) is 5.92 Å². The fraction of sp³-hybridized carbons (Fsp3) is 0.750. The van der Waals surface area contributed by atoms with Crippen molar-refractivity contribution in [1.29, 1.82) is 0 Å². The van der Waals surface area contributed by atoms with Crippen molar-refractivity contribution in [2.45, 2.75) is 64.3 Å². The van der Waals surface area contributed by atoms with Gasteiger partial charge in [-0.15, -0.1) is 0 Å². The molecule has 7 nitrogen and oxygen atoms in total. The van der Waals surface area contributed by atoms with E-state index in [9.17, 15) is 19.8 Å². The number of fused-ring (bicyclic) bond motifs is 1. The highest BCUT2D eigenvalue weighted by Gasteiger charge is 2.62. The van der Waals surface area contributed by atoms with E-state index >= 15 is 0 Å². The number of aliphatic hydroxyl groups excluding tert-OH is 1. The Morgan fingerprint density at radius 2 is 2.00 bits per heavy atom. The molecule has 3 aliphatic rings. The predicted molar refractivity (Wildman–Crippen MR) is 80.8 cm³/mol. The molecule has 0 aromatic rings. The Bertz CT molecular complexity index is 539. The molecule has 3 atom stereocenters. The van der Waals surface area contributed by atoms with Crippen LogP contribution in [0.3, 0.4) is 0 Å². The monoisotopic (exact) mass is 324 g/mol. The molecule has 128 valence electrons. The maximum absolute atomic E-state index is 12.4. The van der Waals surface area contributed by atoms with Gasteiger partial charge in [0.05, 0.1) is 12.7 Å². The Morgan fingerprint density at radius 3 is 2.52 bits per heavy atom. The zero-order valence-corrected chi connectivity index (χ0v) is 13.6. The number of carboxylic acid groups (broad SMARTS) is 1. The number of hydrogen-bond acceptors (Lipinski definition) is 5. The average molecular weight is 324 g/mol. The van der Waals surface area contributed by atoms with Gasteiger partial charge in [-0.1, -0.05) is 19.3 Å². The van der Waals surface area contributed by atoms with Crippen LogP contribution in [0.15, 0.2) is 11.6 Å². The van der Waals surface area contributed by atoms with Gasteiger partial charge in [0.2, 0.25) is 11.8 Å². The summed E-state index contributed by atoms with van der Waals surface area (Å²) in [6.07, 6.45) is 4.01. The molecule has 1 saturated heterocycles. The summed E-state index contributed by atoms with van der Waals surface area (Å²) in [7, 11) is 0. The average Bonchev–Trinajstić information content (AvgIpc) is 2.79. The minimum atomic E-state index is -1.16. The molecule has 2 heterocycles. The van der Waals surface area contributed by atoms with Crippen molar-refractivity contribution in [2.75, 3.05) is 6.61 Å². The summed E-state index contributed by atoms with van der Waals surface area (Å²) in [6.45, 7) is 3.72. The van der Waals surface area contributed by atoms with Gasteiger partial charge in [0.25, 0.3) is 0 Å². The van der Waals surface area contributed by atoms with E-state index in [0.717, 1.165) is 25.7 Å². The molecule has 1 aliphatic carbocycles. The number of rotatable bonds is 5. The van der Waals surface area contributed by atoms with Gasteiger partial charge < -0.3 is 19.8 Å². The summed E-state index contributed by atoms with van der Waals surface area (Å²) < 4.78 is 5.65. The molecule has 0 spiro atoms. The van der Waals surface area contributed by atoms with Crippen LogP contribution in [0.25, 0.3) is 0 Å². The predicted octanol–water partition coefficient (Wildman–Crippen LogP) is 1.09. The van der Waals surface area contributed by atoms with E-state index in [1.54, 1.807) is 13.8 Å². The number of carbonyl (C=O) groups is 2. The van der Waals surface area contributed by atoms with E-state index in [4.69, 9.17) is 4.74 Å². The largest absolute Gasteiger partial charge is 0.478 e. The van der Waals surface area contributed by atoms with E-state index in [-0.39, 0.29) is 23.5 Å². The molecular weight excluding hydrogens is 300 g/mol. The first kappa shape index (κ1) is 16.1. The van der Waals surface area contributed by atoms with E-state index in [1.165, 1.54) is 11.3 Å². The van der Waals surface area contributed by atoms with Gasteiger partial charge >= 0.3 is 5.97 Å². The van der Waals surface area contributed by atoms with Crippen molar-refractivity contribution >= 4 is 11.9 Å². The van der Waals surface area contributed by atoms with Gasteiger partial charge in [0, 0.05) is 6.04 Å². The standard InChI is InChI=1S/C16H24N2O5/c1-3-23-15-12(16(21)22)18-13(11(9(2)19)14(18)20)17(15)10-7-5-4-6-8-10/h9-11,13,19H,3-8H2,1-2H3,(H,21,22)/t9?,11-,13-/m1/s1. The Morgan fingerprint density at radius 1 is 1.35 bits per heavy atom. The van der Waals surface area contributed by atoms with Crippen molar-refractivity contribution in [1.82, 2.24) is 9.80 Å². The van der Waals surface area contributed by atoms with Crippen molar-refractivity contribution in [3.63, 3.8) is 0 Å². The Balaban J connectivity index is 2.00. The molecule has 2 aliphatic heterocycles. The van der Waals surface area contributed by atoms with Gasteiger partial charge in [-0.25, -0.2) is 4.79 Å². The minimum absolute atomic E-state index is 0.0793. The molecule has 1 saturated carbocycles. The maximum atomic E-state index is 12.4. The number of aliphatic hydroxyl groups is 1. The first-order chi connectivity index (χ1) is 11.0. The van der Waals surface area contributed by atoms with Crippen molar-refractivity contribution < 1.29 is 24.5 Å². The van der Waals surface area contributed by atoms with Crippen LogP contribution in [0.4, 0.5) is 0 Å². The quantitative estimate of drug-likeness (QED) is 0.736. The van der Waals surface area contributed by atoms with Crippen LogP contribution in [0.5, 0.6) is 0 Å². The molecule has 1 unspecified atom stereocenters. The number of carboxylic acids is 1. The van der Waals surface area contributed by atoms with Gasteiger partial charge in [-0.3, -0.25) is 9.69 Å². The lowest BCUT2D eigenvalue weighted by Crippen LogP contribution is -2.67. The lowest BCUT2D eigenvalue weighted by Gasteiger charge is -2.50. The first-order valence-corrected chi connectivity index (χ1v) is 8.38. The minimum Gasteiger partial charge on any atom is -0.478 e. The summed E-state index contributed by atoms with van der Waals surface area (Å²) in [4.78, 5) is 27.3. The summed E-state index contributed by atoms with van der Waals surface area (Å²) in [5, 5.41) is 19.5. The second-order valence-electron chi connectivity index (χ2n) is 6.48. The highest BCUT2D eigenvalue weighted by molar-refractivity contribution is 5.99. The van der Waals surface area contributed by atoms with Gasteiger partial charge in [0.15, 0.2) is 5.70 Å². The normalized spacial score (nSPS) is 29.4. The third-order valence-corrected chi connectivity index (χ3v) is 5.04. The van der Waals surface area contributed by atoms with E-state index in [0.29, 0.717) is 6.61 Å². The van der Waals surface area contributed by atoms with Crippen LogP contribution < -0.4 is 0 Å². The summed E-state index contributed by atoms with van der Waals surface area (Å²) in [5.41, 5.74) is -0.0793. The van der Waals surface area contributed by atoms with Crippen molar-refractivity contribution in [3.05, 3.63) is 11.6 Å². The number of ether oxygens (including phenoxy) is 1. The smallest absolute Gasteiger partial charge is 0.358 e. The van der Waals surface area contributed by atoms with Crippen LogP contribution in [-0.2, 0) is 14.3 Å². The molecule has 23 heavy (non-hydrogen) atoms. The molecule has 0 radical (unpaired) electrons. The number of amides is 1. The zero-order valence-electron chi connectivity index (χ0n) is 13.6. The highest BCUT2D eigenvalue weighted by Crippen LogP contribution is 2.46. The Labute approximate surface area is 135 Å². The summed E-state index contributed by atoms with van der Waals surface area (Å²) in [6, 6.07) is 0.156. The SMILES string of the molecule is CCOC1=C(C(=O)O)N2C(=O)[C@H](C(C)O)[C@@H]2N1C1CCCCC1. The molecule has 0 aromatic carbocycles. The molecule has 2 fully saturated rings. The van der Waals surface area contributed by atoms with Gasteiger partial charge in [-0.2, -0.15) is 0 Å². The highest BCUT2D eigenvalue weighted by atomic mass is 16.5. The topological polar surface area (TPSA) is 90.3 Å². The number of aliphatic carboxylic acids is 1. The third kappa shape index (κ3) is 2.38. The zero-order chi connectivity index (χ0) is 16.7. The van der Waals surface area contributed by atoms with E-state index < -0.39 is 24.2 Å². The van der Waals surface area contributed by atoms with Crippen LogP contribution in [0.2, 0.25) is 0 Å². The maximum Gasteiger partial charge on any atom is 0.358 e. The number of nitrogens with zero attached hydrogens (tertiary/aromatic N) is 2. The first-order valence-electron chi connectivity index (χ1n) is 8.38.